The van der Waals surface area contributed by atoms with E-state index in [9.17, 15) is 9.59 Å². The predicted molar refractivity (Wildman–Crippen MR) is 173 cm³/mol. The van der Waals surface area contributed by atoms with Crippen LogP contribution >= 0.6 is 0 Å². The van der Waals surface area contributed by atoms with Crippen LogP contribution in [0.3, 0.4) is 0 Å². The normalized spacial score (nSPS) is 11.6. The Bertz CT molecular complexity index is 559. The van der Waals surface area contributed by atoms with E-state index in [1.807, 2.05) is 20.8 Å². The molecule has 0 rings (SSSR count). The highest BCUT2D eigenvalue weighted by Gasteiger charge is 2.16. The molecule has 5 heteroatoms. The van der Waals surface area contributed by atoms with Crippen molar-refractivity contribution in [3.8, 4) is 0 Å². The van der Waals surface area contributed by atoms with Gasteiger partial charge in [-0.1, -0.05) is 142 Å². The lowest BCUT2D eigenvalue weighted by Crippen LogP contribution is -2.35. The Labute approximate surface area is 250 Å². The lowest BCUT2D eigenvalue weighted by molar-refractivity contribution is -0.118. The molecule has 0 radical (unpaired) electrons. The van der Waals surface area contributed by atoms with E-state index in [4.69, 9.17) is 4.74 Å². The maximum absolute atomic E-state index is 11.9. The number of rotatable bonds is 30. The molecule has 40 heavy (non-hydrogen) atoms. The zero-order chi connectivity index (χ0) is 29.6. The fourth-order valence-electron chi connectivity index (χ4n) is 5.13. The van der Waals surface area contributed by atoms with Crippen LogP contribution in [0.2, 0.25) is 0 Å². The first-order valence-electron chi connectivity index (χ1n) is 17.5. The van der Waals surface area contributed by atoms with Gasteiger partial charge in [-0.15, -0.1) is 0 Å². The summed E-state index contributed by atoms with van der Waals surface area (Å²) in [7, 11) is 0. The number of ether oxygens (including phenoxy) is 1. The van der Waals surface area contributed by atoms with Crippen LogP contribution in [0, 0.1) is 0 Å². The highest BCUT2D eigenvalue weighted by atomic mass is 16.6. The fraction of sp³-hybridized carbons (Fsp3) is 0.943. The van der Waals surface area contributed by atoms with Crippen molar-refractivity contribution in [1.29, 1.82) is 0 Å². The first-order valence-corrected chi connectivity index (χ1v) is 17.5. The molecule has 1 amide bonds. The quantitative estimate of drug-likeness (QED) is 0.0849. The molecule has 0 aromatic carbocycles. The molecule has 0 aliphatic rings. The molecule has 0 spiro atoms. The third-order valence-electron chi connectivity index (χ3n) is 7.60. The van der Waals surface area contributed by atoms with Crippen molar-refractivity contribution in [2.75, 3.05) is 19.6 Å². The third kappa shape index (κ3) is 33.1. The molecule has 5 nitrogen and oxygen atoms in total. The number of hydrogen-bond acceptors (Lipinski definition) is 4. The summed E-state index contributed by atoms with van der Waals surface area (Å²) in [6.45, 7) is 10.2. The summed E-state index contributed by atoms with van der Waals surface area (Å²) in [5.74, 6) is 0.0845. The van der Waals surface area contributed by atoms with Gasteiger partial charge in [-0.2, -0.15) is 0 Å². The predicted octanol–water partition coefficient (Wildman–Crippen LogP) is 10.4. The van der Waals surface area contributed by atoms with Gasteiger partial charge in [-0.05, 0) is 53.1 Å². The van der Waals surface area contributed by atoms with Gasteiger partial charge >= 0.3 is 6.09 Å². The third-order valence-corrected chi connectivity index (χ3v) is 7.60. The van der Waals surface area contributed by atoms with Crippen molar-refractivity contribution in [1.82, 2.24) is 10.6 Å². The largest absolute Gasteiger partial charge is 0.444 e. The summed E-state index contributed by atoms with van der Waals surface area (Å²) in [4.78, 5) is 23.5. The molecule has 238 valence electrons. The Morgan fingerprint density at radius 2 is 0.875 bits per heavy atom. The molecule has 0 heterocycles. The molecular weight excluding hydrogens is 496 g/mol. The lowest BCUT2D eigenvalue weighted by Gasteiger charge is -2.19. The van der Waals surface area contributed by atoms with Gasteiger partial charge in [0, 0.05) is 6.42 Å². The second kappa shape index (κ2) is 29.4. The first kappa shape index (κ1) is 38.9. The minimum atomic E-state index is -0.532. The van der Waals surface area contributed by atoms with E-state index in [1.54, 1.807) is 0 Å². The van der Waals surface area contributed by atoms with Crippen molar-refractivity contribution in [2.24, 2.45) is 0 Å². The summed E-state index contributed by atoms with van der Waals surface area (Å²) in [6, 6.07) is 0. The van der Waals surface area contributed by atoms with E-state index in [1.165, 1.54) is 154 Å². The molecule has 0 atom stereocenters. The van der Waals surface area contributed by atoms with Crippen molar-refractivity contribution in [3.05, 3.63) is 0 Å². The lowest BCUT2D eigenvalue weighted by atomic mass is 10.0. The number of hydrogen-bond donors (Lipinski definition) is 2. The van der Waals surface area contributed by atoms with Crippen LogP contribution in [0.1, 0.15) is 188 Å². The van der Waals surface area contributed by atoms with E-state index in [-0.39, 0.29) is 12.3 Å². The molecule has 0 saturated carbocycles. The molecule has 0 aliphatic carbocycles. The van der Waals surface area contributed by atoms with Crippen molar-refractivity contribution >= 4 is 11.9 Å². The van der Waals surface area contributed by atoms with Gasteiger partial charge in [0.25, 0.3) is 0 Å². The Balaban J connectivity index is 3.17. The number of carbonyl (C=O) groups is 2. The minimum absolute atomic E-state index is 0.0743. The van der Waals surface area contributed by atoms with E-state index < -0.39 is 11.7 Å². The maximum atomic E-state index is 11.9. The molecule has 0 unspecified atom stereocenters. The van der Waals surface area contributed by atoms with Gasteiger partial charge in [0.2, 0.25) is 0 Å². The van der Waals surface area contributed by atoms with E-state index in [0.29, 0.717) is 6.42 Å². The van der Waals surface area contributed by atoms with Crippen molar-refractivity contribution in [2.45, 2.75) is 194 Å². The number of Topliss-reactive ketones (excluding diaryl/α,β-unsaturated/α-hetero) is 1. The zero-order valence-electron chi connectivity index (χ0n) is 27.5. The van der Waals surface area contributed by atoms with Crippen molar-refractivity contribution < 1.29 is 14.3 Å². The average molecular weight is 567 g/mol. The molecular formula is C35H70N2O3. The summed E-state index contributed by atoms with van der Waals surface area (Å²) in [6.07, 6.45) is 32.5. The first-order chi connectivity index (χ1) is 19.3. The van der Waals surface area contributed by atoms with Gasteiger partial charge in [-0.25, -0.2) is 4.79 Å². The molecule has 0 saturated heterocycles. The SMILES string of the molecule is CCCCCCCCCCCCCCNCCCCCCCCCCCCCCC(=O)CNC(=O)OC(C)(C)C. The maximum Gasteiger partial charge on any atom is 0.408 e. The van der Waals surface area contributed by atoms with Crippen LogP contribution in [-0.2, 0) is 9.53 Å². The topological polar surface area (TPSA) is 67.4 Å². The van der Waals surface area contributed by atoms with Gasteiger partial charge in [0.1, 0.15) is 5.60 Å². The Morgan fingerprint density at radius 1 is 0.525 bits per heavy atom. The van der Waals surface area contributed by atoms with E-state index in [2.05, 4.69) is 17.6 Å². The number of nitrogens with one attached hydrogen (secondary N) is 2. The van der Waals surface area contributed by atoms with E-state index in [0.717, 1.165) is 12.8 Å². The molecule has 0 fully saturated rings. The smallest absolute Gasteiger partial charge is 0.408 e. The summed E-state index contributed by atoms with van der Waals surface area (Å²) in [5.41, 5.74) is -0.532. The number of carbonyl (C=O) groups excluding carboxylic acids is 2. The van der Waals surface area contributed by atoms with Gasteiger partial charge in [0.15, 0.2) is 5.78 Å². The van der Waals surface area contributed by atoms with Gasteiger partial charge < -0.3 is 15.4 Å². The Morgan fingerprint density at radius 3 is 1.25 bits per heavy atom. The van der Waals surface area contributed by atoms with Crippen LogP contribution in [-0.4, -0.2) is 37.1 Å². The summed E-state index contributed by atoms with van der Waals surface area (Å²) in [5, 5.41) is 6.19. The molecule has 0 aromatic heterocycles. The molecule has 0 aromatic rings. The Kier molecular flexibility index (Phi) is 28.6. The molecule has 0 aliphatic heterocycles. The zero-order valence-corrected chi connectivity index (χ0v) is 27.5. The minimum Gasteiger partial charge on any atom is -0.444 e. The second-order valence-corrected chi connectivity index (χ2v) is 13.0. The highest BCUT2D eigenvalue weighted by molar-refractivity contribution is 5.83. The van der Waals surface area contributed by atoms with Crippen LogP contribution in [0.5, 0.6) is 0 Å². The van der Waals surface area contributed by atoms with Gasteiger partial charge in [-0.3, -0.25) is 4.79 Å². The van der Waals surface area contributed by atoms with Crippen LogP contribution in [0.25, 0.3) is 0 Å². The summed E-state index contributed by atoms with van der Waals surface area (Å²) >= 11 is 0. The standard InChI is InChI=1S/C35H70N2O3/c1-5-6-7-8-9-10-11-15-18-21-24-27-30-36-31-28-25-22-19-16-13-12-14-17-20-23-26-29-33(38)32-37-34(39)40-35(2,3)4/h36H,5-32H2,1-4H3,(H,37,39). The average Bonchev–Trinajstić information content (AvgIpc) is 2.90. The number of ketones is 1. The van der Waals surface area contributed by atoms with Gasteiger partial charge in [0.05, 0.1) is 6.54 Å². The number of amides is 1. The Hall–Kier alpha value is -1.10. The number of unbranched alkanes of at least 4 members (excludes halogenated alkanes) is 22. The monoisotopic (exact) mass is 567 g/mol. The number of alkyl carbamates (subject to hydrolysis) is 1. The van der Waals surface area contributed by atoms with Crippen molar-refractivity contribution in [3.63, 3.8) is 0 Å². The van der Waals surface area contributed by atoms with Crippen LogP contribution < -0.4 is 10.6 Å². The second-order valence-electron chi connectivity index (χ2n) is 13.0. The molecule has 2 N–H and O–H groups in total. The van der Waals surface area contributed by atoms with Crippen LogP contribution in [0.15, 0.2) is 0 Å². The summed E-state index contributed by atoms with van der Waals surface area (Å²) < 4.78 is 5.15. The van der Waals surface area contributed by atoms with Crippen LogP contribution in [0.4, 0.5) is 4.79 Å². The fourth-order valence-corrected chi connectivity index (χ4v) is 5.13. The highest BCUT2D eigenvalue weighted by Crippen LogP contribution is 2.14. The van der Waals surface area contributed by atoms with E-state index >= 15 is 0 Å². The molecule has 0 bridgehead atoms.